The maximum atomic E-state index is 10.2. The van der Waals surface area contributed by atoms with Crippen LogP contribution < -0.4 is 216 Å². The van der Waals surface area contributed by atoms with E-state index in [1.807, 2.05) is 0 Å². The van der Waals surface area contributed by atoms with Crippen molar-refractivity contribution in [3.05, 3.63) is 70.8 Å². The molecule has 0 fully saturated rings. The third kappa shape index (κ3) is 18.7. The van der Waals surface area contributed by atoms with Crippen LogP contribution >= 0.6 is 0 Å². The van der Waals surface area contributed by atoms with Gasteiger partial charge in [-0.1, -0.05) is 11.6 Å². The smallest absolute Gasteiger partial charge is 0.870 e. The molecular weight excluding hydrogens is 477 g/mol. The topological polar surface area (TPSA) is 174 Å². The monoisotopic (exact) mass is 486 g/mol. The van der Waals surface area contributed by atoms with Gasteiger partial charge in [0.2, 0.25) is 0 Å². The van der Waals surface area contributed by atoms with Crippen molar-refractivity contribution in [1.29, 1.82) is 0 Å². The zero-order chi connectivity index (χ0) is 16.5. The second-order valence-corrected chi connectivity index (χ2v) is 3.94. The Labute approximate surface area is 332 Å². The van der Waals surface area contributed by atoms with E-state index in [9.17, 15) is 29.4 Å². The predicted molar refractivity (Wildman–Crippen MR) is 75.0 cm³/mol. The first-order valence-corrected chi connectivity index (χ1v) is 5.87. The Kier molecular flexibility index (Phi) is 42.3. The first-order valence-electron chi connectivity index (χ1n) is 5.87. The van der Waals surface area contributed by atoms with Crippen LogP contribution in [0.15, 0.2) is 48.5 Å². The SMILES string of the molecule is O=[C-]c1ccc(C(=O)[O-])cc1.O=[C-]c1cccc(C(=O)[O-])c1.[K+].[K+].[K+].[K+].[OH-].[OH-]. The summed E-state index contributed by atoms with van der Waals surface area (Å²) < 4.78 is 0. The van der Waals surface area contributed by atoms with Gasteiger partial charge >= 0.3 is 206 Å². The Balaban J connectivity index is -0.0000000712. The van der Waals surface area contributed by atoms with Gasteiger partial charge in [0.1, 0.15) is 0 Å². The number of carboxylic acids is 2. The van der Waals surface area contributed by atoms with Gasteiger partial charge in [-0.25, -0.2) is 0 Å². The number of benzene rings is 2. The summed E-state index contributed by atoms with van der Waals surface area (Å²) in [4.78, 5) is 40.5. The molecule has 12 heteroatoms. The average molecular weight is 487 g/mol. The van der Waals surface area contributed by atoms with E-state index in [-0.39, 0.29) is 233 Å². The van der Waals surface area contributed by atoms with E-state index < -0.39 is 11.9 Å². The summed E-state index contributed by atoms with van der Waals surface area (Å²) in [5.74, 6) is -2.54. The zero-order valence-corrected chi connectivity index (χ0v) is 28.5. The average Bonchev–Trinajstić information content (AvgIpc) is 2.55. The molecule has 0 saturated carbocycles. The molecule has 0 aliphatic heterocycles. The second kappa shape index (κ2) is 26.4. The van der Waals surface area contributed by atoms with Gasteiger partial charge in [-0.3, -0.25) is 0 Å². The molecule has 8 nitrogen and oxygen atoms in total. The first-order chi connectivity index (χ1) is 10.5. The molecule has 0 spiro atoms. The number of carboxylic acid groups (broad SMARTS) is 2. The normalized spacial score (nSPS) is 7.14. The van der Waals surface area contributed by atoms with E-state index in [4.69, 9.17) is 0 Å². The Bertz CT molecular complexity index is 708. The van der Waals surface area contributed by atoms with Gasteiger partial charge < -0.3 is 40.3 Å². The Morgan fingerprint density at radius 2 is 1.07 bits per heavy atom. The van der Waals surface area contributed by atoms with Gasteiger partial charge in [0, 0.05) is 0 Å². The van der Waals surface area contributed by atoms with E-state index in [2.05, 4.69) is 0 Å². The van der Waals surface area contributed by atoms with Gasteiger partial charge in [-0.05, 0) is 5.56 Å². The molecule has 0 atom stereocenters. The molecule has 0 aromatic heterocycles. The van der Waals surface area contributed by atoms with Gasteiger partial charge in [0.15, 0.2) is 0 Å². The summed E-state index contributed by atoms with van der Waals surface area (Å²) in [6.07, 6.45) is 3.21. The molecule has 2 aromatic carbocycles. The Morgan fingerprint density at radius 1 is 0.643 bits per heavy atom. The van der Waals surface area contributed by atoms with Crippen LogP contribution in [0.3, 0.4) is 0 Å². The van der Waals surface area contributed by atoms with Gasteiger partial charge in [0.25, 0.3) is 0 Å². The predicted octanol–water partition coefficient (Wildman–Crippen LogP) is -13.3. The standard InChI is InChI=1S/2C8H5O3.4K.2H2O/c9-5-6-1-3-7(4-2-6)8(10)11;9-5-6-2-1-3-7(4-6)8(10)11;;;;;;/h2*1-4H,(H,10,11);;;;;2*1H2/q2*-1;4*+1;;/p-4. The molecule has 0 bridgehead atoms. The molecule has 0 heterocycles. The van der Waals surface area contributed by atoms with E-state index in [0.717, 1.165) is 0 Å². The van der Waals surface area contributed by atoms with Crippen molar-refractivity contribution in [3.8, 4) is 0 Å². The van der Waals surface area contributed by atoms with E-state index >= 15 is 0 Å². The molecule has 0 radical (unpaired) electrons. The number of rotatable bonds is 4. The summed E-state index contributed by atoms with van der Waals surface area (Å²) in [5, 5.41) is 20.4. The molecule has 2 rings (SSSR count). The van der Waals surface area contributed by atoms with Crippen LogP contribution in [0.25, 0.3) is 0 Å². The molecule has 128 valence electrons. The summed E-state index contributed by atoms with van der Waals surface area (Å²) in [5.41, 5.74) is 0.594. The molecular formula is C16H10K4O8-2. The van der Waals surface area contributed by atoms with Crippen LogP contribution in [0, 0.1) is 0 Å². The molecule has 28 heavy (non-hydrogen) atoms. The summed E-state index contributed by atoms with van der Waals surface area (Å²) in [7, 11) is 0. The maximum Gasteiger partial charge on any atom is 1.00 e. The van der Waals surface area contributed by atoms with E-state index in [1.54, 1.807) is 12.6 Å². The fourth-order valence-corrected chi connectivity index (χ4v) is 1.38. The molecule has 2 N–H and O–H groups in total. The number of carbonyl (C=O) groups excluding carboxylic acids is 4. The van der Waals surface area contributed by atoms with Gasteiger partial charge in [0.05, 0.1) is 24.5 Å². The minimum atomic E-state index is -1.29. The number of aromatic carboxylic acids is 2. The molecule has 0 amide bonds. The minimum absolute atomic E-state index is 0. The number of hydrogen-bond acceptors (Lipinski definition) is 8. The van der Waals surface area contributed by atoms with E-state index in [1.165, 1.54) is 48.5 Å². The molecule has 0 saturated heterocycles. The van der Waals surface area contributed by atoms with Gasteiger partial charge in [-0.15, -0.1) is 18.2 Å². The molecule has 0 aliphatic carbocycles. The summed E-state index contributed by atoms with van der Waals surface area (Å²) >= 11 is 0. The maximum absolute atomic E-state index is 10.2. The number of carbonyl (C=O) groups is 2. The molecule has 0 aliphatic rings. The minimum Gasteiger partial charge on any atom is -0.870 e. The Morgan fingerprint density at radius 3 is 1.43 bits per heavy atom. The molecule has 0 unspecified atom stereocenters. The van der Waals surface area contributed by atoms with Crippen molar-refractivity contribution in [1.82, 2.24) is 0 Å². The van der Waals surface area contributed by atoms with Crippen molar-refractivity contribution in [2.45, 2.75) is 0 Å². The second-order valence-electron chi connectivity index (χ2n) is 3.94. The number of hydrogen-bond donors (Lipinski definition) is 0. The van der Waals surface area contributed by atoms with Crippen molar-refractivity contribution in [2.24, 2.45) is 0 Å². The van der Waals surface area contributed by atoms with Crippen molar-refractivity contribution in [2.75, 3.05) is 0 Å². The molecule has 2 aromatic rings. The van der Waals surface area contributed by atoms with Crippen molar-refractivity contribution < 1.29 is 246 Å². The Hall–Kier alpha value is 3.19. The first kappa shape index (κ1) is 44.8. The van der Waals surface area contributed by atoms with E-state index in [0.29, 0.717) is 5.56 Å². The van der Waals surface area contributed by atoms with Crippen LogP contribution in [0.5, 0.6) is 0 Å². The van der Waals surface area contributed by atoms with Crippen LogP contribution in [-0.4, -0.2) is 35.5 Å². The third-order valence-electron chi connectivity index (χ3n) is 2.45. The van der Waals surface area contributed by atoms with Crippen molar-refractivity contribution in [3.63, 3.8) is 0 Å². The van der Waals surface area contributed by atoms with Crippen LogP contribution in [0.1, 0.15) is 31.8 Å². The van der Waals surface area contributed by atoms with Crippen LogP contribution in [-0.2, 0) is 9.59 Å². The largest absolute Gasteiger partial charge is 1.00 e. The summed E-state index contributed by atoms with van der Waals surface area (Å²) in [6.45, 7) is 0. The third-order valence-corrected chi connectivity index (χ3v) is 2.45. The quantitative estimate of drug-likeness (QED) is 0.302. The fourth-order valence-electron chi connectivity index (χ4n) is 1.38. The van der Waals surface area contributed by atoms with Crippen LogP contribution in [0.2, 0.25) is 0 Å². The van der Waals surface area contributed by atoms with Crippen LogP contribution in [0.4, 0.5) is 0 Å². The van der Waals surface area contributed by atoms with Gasteiger partial charge in [-0.2, -0.15) is 35.4 Å². The zero-order valence-electron chi connectivity index (χ0n) is 16.0. The fraction of sp³-hybridized carbons (Fsp3) is 0. The summed E-state index contributed by atoms with van der Waals surface area (Å²) in [6, 6.07) is 10.9. The van der Waals surface area contributed by atoms with Crippen molar-refractivity contribution >= 4 is 24.5 Å².